The summed E-state index contributed by atoms with van der Waals surface area (Å²) in [6, 6.07) is 11.1. The van der Waals surface area contributed by atoms with Crippen LogP contribution in [0.5, 0.6) is 5.75 Å². The van der Waals surface area contributed by atoms with Crippen LogP contribution in [-0.4, -0.2) is 57.7 Å². The monoisotopic (exact) mass is 522 g/mol. The number of pyridine rings is 1. The van der Waals surface area contributed by atoms with Crippen molar-refractivity contribution in [2.45, 2.75) is 31.1 Å². The Bertz CT molecular complexity index is 1090. The van der Waals surface area contributed by atoms with Gasteiger partial charge in [0.25, 0.3) is 0 Å². The maximum Gasteiger partial charge on any atom is 0.490 e. The van der Waals surface area contributed by atoms with Crippen LogP contribution < -0.4 is 11.1 Å². The standard InChI is InChI=1S/C17H18N4O.2C2HF3O2/c18-10-14-13(11-5-7-20-8-6-11)9-15(21-17(14)19)12-3-1-2-4-16(12)22;2*3-2(4,5)1(6)7/h1-4,9,11,20,22H,5-8H2,(H2,19,21);2*(H,6,7). The molecule has 1 aliphatic rings. The summed E-state index contributed by atoms with van der Waals surface area (Å²) in [6.07, 6.45) is -8.23. The number of halogens is 6. The fourth-order valence-corrected chi connectivity index (χ4v) is 2.99. The van der Waals surface area contributed by atoms with Crippen LogP contribution in [0.1, 0.15) is 29.9 Å². The number of nitrogens with one attached hydrogen (secondary N) is 1. The molecule has 15 heteroatoms. The van der Waals surface area contributed by atoms with Crippen LogP contribution in [0.25, 0.3) is 11.3 Å². The van der Waals surface area contributed by atoms with E-state index in [1.807, 2.05) is 12.1 Å². The van der Waals surface area contributed by atoms with Crippen molar-refractivity contribution in [3.05, 3.63) is 41.5 Å². The molecule has 36 heavy (non-hydrogen) atoms. The van der Waals surface area contributed by atoms with Gasteiger partial charge in [0.1, 0.15) is 17.6 Å². The van der Waals surface area contributed by atoms with E-state index in [1.54, 1.807) is 18.2 Å². The van der Waals surface area contributed by atoms with Crippen molar-refractivity contribution in [3.63, 3.8) is 0 Å². The smallest absolute Gasteiger partial charge is 0.490 e. The number of para-hydroxylation sites is 1. The quantitative estimate of drug-likeness (QED) is 0.370. The summed E-state index contributed by atoms with van der Waals surface area (Å²) in [5, 5.41) is 37.0. The molecule has 9 nitrogen and oxygen atoms in total. The summed E-state index contributed by atoms with van der Waals surface area (Å²) in [6.45, 7) is 1.87. The number of rotatable bonds is 2. The Morgan fingerprint density at radius 2 is 1.50 bits per heavy atom. The summed E-state index contributed by atoms with van der Waals surface area (Å²) in [5.41, 5.74) is 8.65. The number of aromatic hydroxyl groups is 1. The third kappa shape index (κ3) is 8.95. The van der Waals surface area contributed by atoms with Gasteiger partial charge in [-0.1, -0.05) is 12.1 Å². The van der Waals surface area contributed by atoms with Gasteiger partial charge < -0.3 is 26.4 Å². The molecule has 0 amide bonds. The number of piperidine rings is 1. The lowest BCUT2D eigenvalue weighted by Gasteiger charge is -2.24. The molecule has 0 aliphatic carbocycles. The highest BCUT2D eigenvalue weighted by Gasteiger charge is 2.38. The van der Waals surface area contributed by atoms with Crippen molar-refractivity contribution in [3.8, 4) is 23.1 Å². The van der Waals surface area contributed by atoms with E-state index in [4.69, 9.17) is 25.5 Å². The highest BCUT2D eigenvalue weighted by molar-refractivity contribution is 5.73. The maximum atomic E-state index is 10.6. The second kappa shape index (κ2) is 12.6. The number of carbonyl (C=O) groups is 2. The van der Waals surface area contributed by atoms with E-state index >= 15 is 0 Å². The van der Waals surface area contributed by atoms with E-state index in [0.717, 1.165) is 31.5 Å². The Morgan fingerprint density at radius 3 is 1.92 bits per heavy atom. The van der Waals surface area contributed by atoms with Gasteiger partial charge in [-0.05, 0) is 55.6 Å². The van der Waals surface area contributed by atoms with Gasteiger partial charge in [0.05, 0.1) is 11.3 Å². The number of hydrogen-bond donors (Lipinski definition) is 5. The minimum atomic E-state index is -5.08. The average Bonchev–Trinajstić information content (AvgIpc) is 2.79. The summed E-state index contributed by atoms with van der Waals surface area (Å²) in [5.74, 6) is -4.82. The minimum Gasteiger partial charge on any atom is -0.507 e. The van der Waals surface area contributed by atoms with Crippen LogP contribution >= 0.6 is 0 Å². The van der Waals surface area contributed by atoms with Crippen molar-refractivity contribution in [1.29, 1.82) is 5.26 Å². The number of nitrogens with zero attached hydrogens (tertiary/aromatic N) is 2. The topological polar surface area (TPSA) is 170 Å². The van der Waals surface area contributed by atoms with Crippen LogP contribution in [0.15, 0.2) is 30.3 Å². The minimum absolute atomic E-state index is 0.162. The second-order valence-electron chi connectivity index (χ2n) is 7.12. The zero-order valence-corrected chi connectivity index (χ0v) is 18.2. The van der Waals surface area contributed by atoms with Crippen molar-refractivity contribution >= 4 is 17.8 Å². The number of carboxylic acids is 2. The predicted octanol–water partition coefficient (Wildman–Crippen LogP) is 3.64. The molecule has 1 saturated heterocycles. The Hall–Kier alpha value is -4.06. The predicted molar refractivity (Wildman–Crippen MR) is 113 cm³/mol. The third-order valence-corrected chi connectivity index (χ3v) is 4.63. The number of phenolic OH excluding ortho intramolecular Hbond substituents is 1. The Balaban J connectivity index is 0.000000383. The van der Waals surface area contributed by atoms with Crippen LogP contribution in [0, 0.1) is 11.3 Å². The van der Waals surface area contributed by atoms with Crippen molar-refractivity contribution in [2.24, 2.45) is 0 Å². The molecule has 6 N–H and O–H groups in total. The van der Waals surface area contributed by atoms with Crippen LogP contribution in [0.3, 0.4) is 0 Å². The normalized spacial score (nSPS) is 13.8. The van der Waals surface area contributed by atoms with Gasteiger partial charge in [-0.3, -0.25) is 0 Å². The van der Waals surface area contributed by atoms with Crippen LogP contribution in [-0.2, 0) is 9.59 Å². The molecule has 1 fully saturated rings. The van der Waals surface area contributed by atoms with E-state index in [0.29, 0.717) is 22.7 Å². The van der Waals surface area contributed by atoms with E-state index in [9.17, 15) is 36.7 Å². The molecule has 0 bridgehead atoms. The number of phenols is 1. The first kappa shape index (κ1) is 30.0. The second-order valence-corrected chi connectivity index (χ2v) is 7.12. The largest absolute Gasteiger partial charge is 0.507 e. The highest BCUT2D eigenvalue weighted by Crippen LogP contribution is 2.35. The molecule has 0 atom stereocenters. The molecule has 0 spiro atoms. The van der Waals surface area contributed by atoms with Crippen molar-refractivity contribution in [2.75, 3.05) is 18.8 Å². The molecular formula is C21H20F6N4O5. The lowest BCUT2D eigenvalue weighted by Crippen LogP contribution is -2.27. The maximum absolute atomic E-state index is 10.6. The molecule has 3 rings (SSSR count). The number of aliphatic carboxylic acids is 2. The zero-order valence-electron chi connectivity index (χ0n) is 18.2. The lowest BCUT2D eigenvalue weighted by atomic mass is 9.87. The van der Waals surface area contributed by atoms with Crippen LogP contribution in [0.4, 0.5) is 32.2 Å². The molecule has 196 valence electrons. The number of anilines is 1. The van der Waals surface area contributed by atoms with E-state index in [1.165, 1.54) is 0 Å². The van der Waals surface area contributed by atoms with E-state index < -0.39 is 24.3 Å². The SMILES string of the molecule is N#Cc1c(C2CCNCC2)cc(-c2ccccc2O)nc1N.O=C(O)C(F)(F)F.O=C(O)C(F)(F)F. The highest BCUT2D eigenvalue weighted by atomic mass is 19.4. The number of hydrogen-bond acceptors (Lipinski definition) is 7. The zero-order chi connectivity index (χ0) is 27.7. The Morgan fingerprint density at radius 1 is 1.03 bits per heavy atom. The first-order valence-corrected chi connectivity index (χ1v) is 9.89. The summed E-state index contributed by atoms with van der Waals surface area (Å²) < 4.78 is 63.5. The van der Waals surface area contributed by atoms with Gasteiger partial charge in [-0.25, -0.2) is 14.6 Å². The molecule has 2 heterocycles. The number of aromatic nitrogens is 1. The average molecular weight is 522 g/mol. The number of carboxylic acid groups (broad SMARTS) is 2. The van der Waals surface area contributed by atoms with Crippen LogP contribution in [0.2, 0.25) is 0 Å². The Labute approximate surface area is 199 Å². The fourth-order valence-electron chi connectivity index (χ4n) is 2.99. The van der Waals surface area contributed by atoms with E-state index in [2.05, 4.69) is 16.4 Å². The molecule has 1 aromatic heterocycles. The third-order valence-electron chi connectivity index (χ3n) is 4.63. The fraction of sp³-hybridized carbons (Fsp3) is 0.333. The van der Waals surface area contributed by atoms with Crippen molar-refractivity contribution < 1.29 is 51.3 Å². The number of alkyl halides is 6. The van der Waals surface area contributed by atoms with Gasteiger partial charge in [0.2, 0.25) is 0 Å². The first-order chi connectivity index (χ1) is 16.6. The molecule has 1 aliphatic heterocycles. The Kier molecular flexibility index (Phi) is 10.5. The number of benzene rings is 1. The summed E-state index contributed by atoms with van der Waals surface area (Å²) in [4.78, 5) is 22.1. The molecule has 0 saturated carbocycles. The molecule has 0 radical (unpaired) electrons. The first-order valence-electron chi connectivity index (χ1n) is 9.89. The van der Waals surface area contributed by atoms with Gasteiger partial charge in [-0.15, -0.1) is 0 Å². The van der Waals surface area contributed by atoms with Gasteiger partial charge in [0.15, 0.2) is 0 Å². The van der Waals surface area contributed by atoms with Gasteiger partial charge >= 0.3 is 24.3 Å². The number of nitriles is 1. The molecular weight excluding hydrogens is 502 g/mol. The summed E-state index contributed by atoms with van der Waals surface area (Å²) in [7, 11) is 0. The molecule has 1 aromatic carbocycles. The molecule has 0 unspecified atom stereocenters. The lowest BCUT2D eigenvalue weighted by molar-refractivity contribution is -0.193. The molecule has 2 aromatic rings. The van der Waals surface area contributed by atoms with Crippen molar-refractivity contribution in [1.82, 2.24) is 10.3 Å². The van der Waals surface area contributed by atoms with Gasteiger partial charge in [0, 0.05) is 5.56 Å². The number of nitrogens with two attached hydrogens (primary N) is 1. The number of nitrogen functional groups attached to an aromatic ring is 1. The van der Waals surface area contributed by atoms with Gasteiger partial charge in [-0.2, -0.15) is 31.6 Å². The van der Waals surface area contributed by atoms with E-state index in [-0.39, 0.29) is 11.6 Å². The summed E-state index contributed by atoms with van der Waals surface area (Å²) >= 11 is 0.